The molecule has 2 heterocycles. The summed E-state index contributed by atoms with van der Waals surface area (Å²) >= 11 is 0. The van der Waals surface area contributed by atoms with Gasteiger partial charge in [0.25, 0.3) is 0 Å². The van der Waals surface area contributed by atoms with Crippen molar-refractivity contribution in [3.63, 3.8) is 0 Å². The van der Waals surface area contributed by atoms with Crippen molar-refractivity contribution in [1.29, 1.82) is 0 Å². The van der Waals surface area contributed by atoms with Crippen molar-refractivity contribution in [2.24, 2.45) is 0 Å². The van der Waals surface area contributed by atoms with Crippen LogP contribution in [0.15, 0.2) is 24.4 Å². The van der Waals surface area contributed by atoms with Gasteiger partial charge >= 0.3 is 0 Å². The van der Waals surface area contributed by atoms with Crippen molar-refractivity contribution in [3.05, 3.63) is 30.1 Å². The Kier molecular flexibility index (Phi) is 2.57. The lowest BCUT2D eigenvalue weighted by Crippen LogP contribution is -2.20. The molecule has 0 N–H and O–H groups in total. The average molecular weight is 230 g/mol. The van der Waals surface area contributed by atoms with Gasteiger partial charge in [-0.3, -0.25) is 4.98 Å². The molecule has 0 aliphatic rings. The second-order valence-electron chi connectivity index (χ2n) is 6.71. The molecule has 2 rings (SSSR count). The Bertz CT molecular complexity index is 536. The Morgan fingerprint density at radius 2 is 1.59 bits per heavy atom. The lowest BCUT2D eigenvalue weighted by atomic mass is 9.91. The standard InChI is InChI=1S/C15H22N2/c1-14(2,3)13-8-7-12-11(16-13)9-10-17(12)15(4,5)6/h7-10H,1-6H3. The first kappa shape index (κ1) is 12.2. The van der Waals surface area contributed by atoms with Gasteiger partial charge < -0.3 is 4.57 Å². The van der Waals surface area contributed by atoms with Gasteiger partial charge in [0.05, 0.1) is 11.0 Å². The van der Waals surface area contributed by atoms with E-state index >= 15 is 0 Å². The third-order valence-corrected chi connectivity index (χ3v) is 3.03. The molecule has 0 radical (unpaired) electrons. The van der Waals surface area contributed by atoms with E-state index in [4.69, 9.17) is 4.98 Å². The monoisotopic (exact) mass is 230 g/mol. The fourth-order valence-corrected chi connectivity index (χ4v) is 2.02. The molecule has 0 aliphatic carbocycles. The van der Waals surface area contributed by atoms with Crippen LogP contribution in [0.5, 0.6) is 0 Å². The van der Waals surface area contributed by atoms with Gasteiger partial charge in [-0.15, -0.1) is 0 Å². The zero-order valence-corrected chi connectivity index (χ0v) is 11.7. The van der Waals surface area contributed by atoms with Gasteiger partial charge in [0.2, 0.25) is 0 Å². The van der Waals surface area contributed by atoms with Gasteiger partial charge in [-0.05, 0) is 39.0 Å². The topological polar surface area (TPSA) is 17.8 Å². The molecule has 0 saturated heterocycles. The number of rotatable bonds is 0. The molecule has 2 aromatic rings. The molecule has 2 aromatic heterocycles. The summed E-state index contributed by atoms with van der Waals surface area (Å²) in [4.78, 5) is 4.76. The maximum Gasteiger partial charge on any atom is 0.0884 e. The number of hydrogen-bond acceptors (Lipinski definition) is 1. The predicted octanol–water partition coefficient (Wildman–Crippen LogP) is 4.09. The summed E-state index contributed by atoms with van der Waals surface area (Å²) in [6.45, 7) is 13.2. The highest BCUT2D eigenvalue weighted by molar-refractivity contribution is 5.76. The van der Waals surface area contributed by atoms with Crippen LogP contribution in [-0.2, 0) is 11.0 Å². The maximum atomic E-state index is 4.76. The molecule has 0 atom stereocenters. The lowest BCUT2D eigenvalue weighted by Gasteiger charge is -2.23. The molecule has 17 heavy (non-hydrogen) atoms. The van der Waals surface area contributed by atoms with Crippen LogP contribution in [-0.4, -0.2) is 9.55 Å². The molecule has 0 saturated carbocycles. The molecule has 0 aliphatic heterocycles. The average Bonchev–Trinajstić information content (AvgIpc) is 2.57. The van der Waals surface area contributed by atoms with E-state index in [1.54, 1.807) is 0 Å². The van der Waals surface area contributed by atoms with E-state index in [2.05, 4.69) is 70.5 Å². The van der Waals surface area contributed by atoms with E-state index in [9.17, 15) is 0 Å². The Morgan fingerprint density at radius 1 is 0.941 bits per heavy atom. The van der Waals surface area contributed by atoms with Crippen LogP contribution >= 0.6 is 0 Å². The zero-order chi connectivity index (χ0) is 12.8. The van der Waals surface area contributed by atoms with Crippen LogP contribution in [0.2, 0.25) is 0 Å². The molecular formula is C15H22N2. The molecule has 2 nitrogen and oxygen atoms in total. The first-order chi connectivity index (χ1) is 7.69. The number of aromatic nitrogens is 2. The third-order valence-electron chi connectivity index (χ3n) is 3.03. The van der Waals surface area contributed by atoms with Crippen molar-refractivity contribution in [2.45, 2.75) is 52.5 Å². The smallest absolute Gasteiger partial charge is 0.0884 e. The fourth-order valence-electron chi connectivity index (χ4n) is 2.02. The largest absolute Gasteiger partial charge is 0.341 e. The second kappa shape index (κ2) is 3.59. The molecule has 0 bridgehead atoms. The molecule has 0 unspecified atom stereocenters. The summed E-state index contributed by atoms with van der Waals surface area (Å²) in [5.74, 6) is 0. The van der Waals surface area contributed by atoms with Gasteiger partial charge in [0.1, 0.15) is 0 Å². The normalized spacial score (nSPS) is 13.3. The Labute approximate surface area is 104 Å². The van der Waals surface area contributed by atoms with Crippen LogP contribution in [0.3, 0.4) is 0 Å². The van der Waals surface area contributed by atoms with Crippen LogP contribution in [0.1, 0.15) is 47.2 Å². The summed E-state index contributed by atoms with van der Waals surface area (Å²) in [6.07, 6.45) is 2.13. The van der Waals surface area contributed by atoms with Crippen LogP contribution in [0.25, 0.3) is 11.0 Å². The first-order valence-electron chi connectivity index (χ1n) is 6.19. The third kappa shape index (κ3) is 2.21. The van der Waals surface area contributed by atoms with E-state index in [1.807, 2.05) is 0 Å². The van der Waals surface area contributed by atoms with E-state index < -0.39 is 0 Å². The van der Waals surface area contributed by atoms with Gasteiger partial charge in [0.15, 0.2) is 0 Å². The summed E-state index contributed by atoms with van der Waals surface area (Å²) in [5.41, 5.74) is 3.67. The van der Waals surface area contributed by atoms with Crippen LogP contribution in [0, 0.1) is 0 Å². The molecule has 2 heteroatoms. The van der Waals surface area contributed by atoms with E-state index in [1.165, 1.54) is 5.52 Å². The van der Waals surface area contributed by atoms with Crippen molar-refractivity contribution < 1.29 is 0 Å². The molecule has 92 valence electrons. The summed E-state index contributed by atoms with van der Waals surface area (Å²) in [5, 5.41) is 0. The first-order valence-corrected chi connectivity index (χ1v) is 6.19. The van der Waals surface area contributed by atoms with Gasteiger partial charge in [-0.2, -0.15) is 0 Å². The summed E-state index contributed by atoms with van der Waals surface area (Å²) in [7, 11) is 0. The van der Waals surface area contributed by atoms with E-state index in [0.717, 1.165) is 11.2 Å². The van der Waals surface area contributed by atoms with Gasteiger partial charge in [-0.1, -0.05) is 20.8 Å². The van der Waals surface area contributed by atoms with E-state index in [-0.39, 0.29) is 11.0 Å². The Hall–Kier alpha value is -1.31. The van der Waals surface area contributed by atoms with Crippen molar-refractivity contribution in [3.8, 4) is 0 Å². The minimum atomic E-state index is 0.104. The SMILES string of the molecule is CC(C)(C)c1ccc2c(ccn2C(C)(C)C)n1. The lowest BCUT2D eigenvalue weighted by molar-refractivity contribution is 0.411. The van der Waals surface area contributed by atoms with Crippen molar-refractivity contribution >= 4 is 11.0 Å². The second-order valence-corrected chi connectivity index (χ2v) is 6.71. The Morgan fingerprint density at radius 3 is 2.12 bits per heavy atom. The minimum Gasteiger partial charge on any atom is -0.341 e. The Balaban J connectivity index is 2.61. The molecular weight excluding hydrogens is 208 g/mol. The molecule has 0 aromatic carbocycles. The van der Waals surface area contributed by atoms with E-state index in [0.29, 0.717) is 0 Å². The maximum absolute atomic E-state index is 4.76. The van der Waals surface area contributed by atoms with Crippen LogP contribution in [0.4, 0.5) is 0 Å². The number of hydrogen-bond donors (Lipinski definition) is 0. The highest BCUT2D eigenvalue weighted by atomic mass is 15.0. The van der Waals surface area contributed by atoms with Crippen molar-refractivity contribution in [1.82, 2.24) is 9.55 Å². The summed E-state index contributed by atoms with van der Waals surface area (Å²) < 4.78 is 2.28. The van der Waals surface area contributed by atoms with Gasteiger partial charge in [0, 0.05) is 22.8 Å². The molecule has 0 amide bonds. The highest BCUT2D eigenvalue weighted by Gasteiger charge is 2.19. The van der Waals surface area contributed by atoms with Crippen molar-refractivity contribution in [2.75, 3.05) is 0 Å². The zero-order valence-electron chi connectivity index (χ0n) is 11.7. The van der Waals surface area contributed by atoms with Crippen LogP contribution < -0.4 is 0 Å². The predicted molar refractivity (Wildman–Crippen MR) is 73.4 cm³/mol. The summed E-state index contributed by atoms with van der Waals surface area (Å²) in [6, 6.07) is 6.44. The number of fused-ring (bicyclic) bond motifs is 1. The quantitative estimate of drug-likeness (QED) is 0.666. The van der Waals surface area contributed by atoms with Gasteiger partial charge in [-0.25, -0.2) is 0 Å². The highest BCUT2D eigenvalue weighted by Crippen LogP contribution is 2.26. The molecule has 0 spiro atoms. The minimum absolute atomic E-state index is 0.104. The molecule has 0 fully saturated rings. The number of nitrogens with zero attached hydrogens (tertiary/aromatic N) is 2. The number of pyridine rings is 1. The fraction of sp³-hybridized carbons (Fsp3) is 0.533.